The maximum absolute atomic E-state index is 4.30. The molecule has 0 bridgehead atoms. The predicted molar refractivity (Wildman–Crippen MR) is 75.6 cm³/mol. The van der Waals surface area contributed by atoms with Crippen molar-refractivity contribution in [3.8, 4) is 0 Å². The summed E-state index contributed by atoms with van der Waals surface area (Å²) >= 11 is 0. The summed E-state index contributed by atoms with van der Waals surface area (Å²) in [4.78, 5) is 4.30. The first-order valence-electron chi connectivity index (χ1n) is 6.26. The van der Waals surface area contributed by atoms with Crippen LogP contribution in [0.3, 0.4) is 0 Å². The van der Waals surface area contributed by atoms with Gasteiger partial charge in [0.2, 0.25) is 0 Å². The maximum Gasteiger partial charge on any atom is 0.0416 e. The lowest BCUT2D eigenvalue weighted by Gasteiger charge is -2.06. The van der Waals surface area contributed by atoms with Gasteiger partial charge in [-0.25, -0.2) is 0 Å². The van der Waals surface area contributed by atoms with E-state index in [0.29, 0.717) is 0 Å². The Bertz CT molecular complexity index is 451. The smallest absolute Gasteiger partial charge is 0.0416 e. The molecule has 0 amide bonds. The summed E-state index contributed by atoms with van der Waals surface area (Å²) in [5.74, 6) is 0. The van der Waals surface area contributed by atoms with Crippen LogP contribution in [0.25, 0.3) is 0 Å². The Morgan fingerprint density at radius 1 is 1.06 bits per heavy atom. The molecule has 3 heteroatoms. The monoisotopic (exact) mass is 241 g/mol. The van der Waals surface area contributed by atoms with Gasteiger partial charge in [-0.05, 0) is 29.8 Å². The van der Waals surface area contributed by atoms with Gasteiger partial charge >= 0.3 is 0 Å². The molecule has 1 aromatic heterocycles. The second-order valence-electron chi connectivity index (χ2n) is 4.19. The standard InChI is InChI=1S/C15H19N3/c1-16-14-7-5-13(6-8-14)12-17-11-9-15-4-2-3-10-18-15/h2-8,10,16-17H,9,11-12H2,1H3. The van der Waals surface area contributed by atoms with Crippen LogP contribution < -0.4 is 10.6 Å². The van der Waals surface area contributed by atoms with Crippen molar-refractivity contribution in [1.82, 2.24) is 10.3 Å². The van der Waals surface area contributed by atoms with Crippen LogP contribution in [0, 0.1) is 0 Å². The number of nitrogens with zero attached hydrogens (tertiary/aromatic N) is 1. The number of pyridine rings is 1. The Morgan fingerprint density at radius 2 is 1.89 bits per heavy atom. The summed E-state index contributed by atoms with van der Waals surface area (Å²) in [6.45, 7) is 1.85. The van der Waals surface area contributed by atoms with E-state index in [2.05, 4.69) is 45.9 Å². The molecule has 0 spiro atoms. The van der Waals surface area contributed by atoms with Gasteiger partial charge in [0.25, 0.3) is 0 Å². The summed E-state index contributed by atoms with van der Waals surface area (Å²) < 4.78 is 0. The molecule has 2 aromatic rings. The average molecular weight is 241 g/mol. The van der Waals surface area contributed by atoms with Crippen molar-refractivity contribution in [2.45, 2.75) is 13.0 Å². The molecule has 0 aliphatic rings. The molecule has 0 atom stereocenters. The number of anilines is 1. The van der Waals surface area contributed by atoms with Gasteiger partial charge < -0.3 is 10.6 Å². The van der Waals surface area contributed by atoms with Crippen molar-refractivity contribution in [3.05, 3.63) is 59.9 Å². The summed E-state index contributed by atoms with van der Waals surface area (Å²) in [5.41, 5.74) is 3.58. The van der Waals surface area contributed by atoms with Crippen LogP contribution in [0.4, 0.5) is 5.69 Å². The third-order valence-electron chi connectivity index (χ3n) is 2.86. The van der Waals surface area contributed by atoms with Crippen LogP contribution in [0.15, 0.2) is 48.7 Å². The quantitative estimate of drug-likeness (QED) is 0.763. The second kappa shape index (κ2) is 6.77. The molecule has 1 heterocycles. The van der Waals surface area contributed by atoms with Crippen LogP contribution in [0.5, 0.6) is 0 Å². The third kappa shape index (κ3) is 3.86. The first-order chi connectivity index (χ1) is 8.88. The lowest BCUT2D eigenvalue weighted by molar-refractivity contribution is 0.680. The molecule has 0 aliphatic carbocycles. The molecule has 0 radical (unpaired) electrons. The lowest BCUT2D eigenvalue weighted by atomic mass is 10.2. The predicted octanol–water partition coefficient (Wildman–Crippen LogP) is 2.46. The highest BCUT2D eigenvalue weighted by Gasteiger charge is 1.95. The summed E-state index contributed by atoms with van der Waals surface area (Å²) in [6.07, 6.45) is 2.81. The highest BCUT2D eigenvalue weighted by atomic mass is 14.9. The zero-order chi connectivity index (χ0) is 12.6. The fraction of sp³-hybridized carbons (Fsp3) is 0.267. The molecular formula is C15H19N3. The molecule has 1 aromatic carbocycles. The van der Waals surface area contributed by atoms with Gasteiger partial charge in [0.15, 0.2) is 0 Å². The number of hydrogen-bond donors (Lipinski definition) is 2. The largest absolute Gasteiger partial charge is 0.388 e. The Morgan fingerprint density at radius 3 is 2.56 bits per heavy atom. The van der Waals surface area contributed by atoms with Crippen LogP contribution in [-0.4, -0.2) is 18.6 Å². The van der Waals surface area contributed by atoms with E-state index in [1.165, 1.54) is 5.56 Å². The minimum absolute atomic E-state index is 0.900. The van der Waals surface area contributed by atoms with Gasteiger partial charge in [0.05, 0.1) is 0 Å². The molecule has 2 N–H and O–H groups in total. The highest BCUT2D eigenvalue weighted by molar-refractivity contribution is 5.43. The molecule has 0 aliphatic heterocycles. The number of rotatable bonds is 6. The molecule has 2 rings (SSSR count). The number of benzene rings is 1. The zero-order valence-electron chi connectivity index (χ0n) is 10.7. The molecule has 18 heavy (non-hydrogen) atoms. The van der Waals surface area contributed by atoms with Crippen molar-refractivity contribution in [2.24, 2.45) is 0 Å². The summed E-state index contributed by atoms with van der Waals surface area (Å²) in [6, 6.07) is 14.5. The van der Waals surface area contributed by atoms with Gasteiger partial charge in [-0.3, -0.25) is 4.98 Å². The molecule has 0 fully saturated rings. The Kier molecular flexibility index (Phi) is 4.73. The van der Waals surface area contributed by atoms with Crippen LogP contribution >= 0.6 is 0 Å². The van der Waals surface area contributed by atoms with E-state index in [0.717, 1.165) is 30.9 Å². The van der Waals surface area contributed by atoms with Crippen molar-refractivity contribution < 1.29 is 0 Å². The first-order valence-corrected chi connectivity index (χ1v) is 6.26. The molecule has 0 saturated carbocycles. The van der Waals surface area contributed by atoms with E-state index < -0.39 is 0 Å². The van der Waals surface area contributed by atoms with Gasteiger partial charge in [0, 0.05) is 44.1 Å². The van der Waals surface area contributed by atoms with Gasteiger partial charge in [-0.1, -0.05) is 18.2 Å². The zero-order valence-corrected chi connectivity index (χ0v) is 10.7. The van der Waals surface area contributed by atoms with E-state index in [1.807, 2.05) is 25.4 Å². The van der Waals surface area contributed by atoms with E-state index >= 15 is 0 Å². The topological polar surface area (TPSA) is 37.0 Å². The fourth-order valence-electron chi connectivity index (χ4n) is 1.78. The van der Waals surface area contributed by atoms with E-state index in [-0.39, 0.29) is 0 Å². The van der Waals surface area contributed by atoms with Crippen molar-refractivity contribution in [2.75, 3.05) is 18.9 Å². The molecule has 3 nitrogen and oxygen atoms in total. The van der Waals surface area contributed by atoms with Crippen molar-refractivity contribution >= 4 is 5.69 Å². The second-order valence-corrected chi connectivity index (χ2v) is 4.19. The van der Waals surface area contributed by atoms with Gasteiger partial charge in [-0.2, -0.15) is 0 Å². The van der Waals surface area contributed by atoms with Gasteiger partial charge in [0.1, 0.15) is 0 Å². The third-order valence-corrected chi connectivity index (χ3v) is 2.86. The van der Waals surface area contributed by atoms with E-state index in [4.69, 9.17) is 0 Å². The molecular weight excluding hydrogens is 222 g/mol. The normalized spacial score (nSPS) is 10.3. The van der Waals surface area contributed by atoms with E-state index in [1.54, 1.807) is 0 Å². The summed E-state index contributed by atoms with van der Waals surface area (Å²) in [5, 5.41) is 6.54. The molecule has 94 valence electrons. The Labute approximate surface area is 108 Å². The Balaban J connectivity index is 1.72. The van der Waals surface area contributed by atoms with Crippen LogP contribution in [-0.2, 0) is 13.0 Å². The van der Waals surface area contributed by atoms with E-state index in [9.17, 15) is 0 Å². The van der Waals surface area contributed by atoms with Crippen molar-refractivity contribution in [1.29, 1.82) is 0 Å². The van der Waals surface area contributed by atoms with Gasteiger partial charge in [-0.15, -0.1) is 0 Å². The molecule has 0 saturated heterocycles. The highest BCUT2D eigenvalue weighted by Crippen LogP contribution is 2.08. The summed E-state index contributed by atoms with van der Waals surface area (Å²) in [7, 11) is 1.93. The fourth-order valence-corrected chi connectivity index (χ4v) is 1.78. The first kappa shape index (κ1) is 12.6. The van der Waals surface area contributed by atoms with Crippen molar-refractivity contribution in [3.63, 3.8) is 0 Å². The lowest BCUT2D eigenvalue weighted by Crippen LogP contribution is -2.17. The number of aromatic nitrogens is 1. The van der Waals surface area contributed by atoms with Crippen LogP contribution in [0.1, 0.15) is 11.3 Å². The minimum atomic E-state index is 0.900. The molecule has 0 unspecified atom stereocenters. The number of nitrogens with one attached hydrogen (secondary N) is 2. The SMILES string of the molecule is CNc1ccc(CNCCc2ccccn2)cc1. The average Bonchev–Trinajstić information content (AvgIpc) is 2.45. The minimum Gasteiger partial charge on any atom is -0.388 e. The number of hydrogen-bond acceptors (Lipinski definition) is 3. The van der Waals surface area contributed by atoms with Crippen LogP contribution in [0.2, 0.25) is 0 Å². The maximum atomic E-state index is 4.30. The Hall–Kier alpha value is -1.87.